The fourth-order valence-electron chi connectivity index (χ4n) is 4.61. The summed E-state index contributed by atoms with van der Waals surface area (Å²) in [5.74, 6) is -0.187. The molecule has 0 aromatic carbocycles. The zero-order chi connectivity index (χ0) is 27.1. The van der Waals surface area contributed by atoms with Gasteiger partial charge in [0.15, 0.2) is 17.3 Å². The summed E-state index contributed by atoms with van der Waals surface area (Å²) in [4.78, 5) is 25.0. The van der Waals surface area contributed by atoms with Gasteiger partial charge in [0.2, 0.25) is 0 Å². The number of nitrogens with zero attached hydrogens (tertiary/aromatic N) is 6. The molecule has 6 heterocycles. The summed E-state index contributed by atoms with van der Waals surface area (Å²) in [5.41, 5.74) is 4.81. The minimum atomic E-state index is -0.776. The van der Waals surface area contributed by atoms with Gasteiger partial charge in [0.25, 0.3) is 0 Å². The van der Waals surface area contributed by atoms with E-state index in [1.54, 1.807) is 30.9 Å². The van der Waals surface area contributed by atoms with Crippen LogP contribution in [0.3, 0.4) is 0 Å². The number of nitrogens with one attached hydrogen (secondary N) is 3. The zero-order valence-corrected chi connectivity index (χ0v) is 21.6. The Kier molecular flexibility index (Phi) is 5.99. The monoisotopic (exact) mass is 523 g/mol. The van der Waals surface area contributed by atoms with Crippen LogP contribution in [0.4, 0.5) is 10.1 Å². The molecule has 1 atom stereocenters. The van der Waals surface area contributed by atoms with Gasteiger partial charge in [-0.3, -0.25) is 20.1 Å². The number of anilines is 1. The average molecular weight is 524 g/mol. The summed E-state index contributed by atoms with van der Waals surface area (Å²) in [6, 6.07) is 7.37. The SMILES string of the molecule is CC(C)(C)CC(O)Nc1cncc(-c2ncc3[nH]nc(-c4nc5c(-c6ccncc6)ccnc5[nH]4)c3c2F)c1. The second kappa shape index (κ2) is 9.52. The number of pyridine rings is 4. The highest BCUT2D eigenvalue weighted by Crippen LogP contribution is 2.34. The molecule has 0 aliphatic rings. The lowest BCUT2D eigenvalue weighted by atomic mass is 9.91. The molecular weight excluding hydrogens is 497 g/mol. The van der Waals surface area contributed by atoms with Crippen LogP contribution >= 0.6 is 0 Å². The van der Waals surface area contributed by atoms with Crippen molar-refractivity contribution in [1.29, 1.82) is 0 Å². The minimum absolute atomic E-state index is 0.0704. The molecule has 0 aliphatic heterocycles. The Labute approximate surface area is 222 Å². The van der Waals surface area contributed by atoms with Gasteiger partial charge in [-0.1, -0.05) is 20.8 Å². The molecule has 11 heteroatoms. The Balaban J connectivity index is 1.40. The summed E-state index contributed by atoms with van der Waals surface area (Å²) in [5, 5.41) is 20.9. The number of hydrogen-bond donors (Lipinski definition) is 4. The molecule has 0 fully saturated rings. The van der Waals surface area contributed by atoms with E-state index in [1.165, 1.54) is 12.4 Å². The topological polar surface area (TPSA) is 141 Å². The van der Waals surface area contributed by atoms with Crippen LogP contribution in [0.25, 0.3) is 56.0 Å². The van der Waals surface area contributed by atoms with E-state index >= 15 is 4.39 Å². The molecule has 39 heavy (non-hydrogen) atoms. The van der Waals surface area contributed by atoms with Crippen molar-refractivity contribution in [3.63, 3.8) is 0 Å². The first-order chi connectivity index (χ1) is 18.8. The number of aromatic amines is 2. The lowest BCUT2D eigenvalue weighted by molar-refractivity contribution is 0.145. The molecule has 0 saturated carbocycles. The van der Waals surface area contributed by atoms with E-state index in [9.17, 15) is 5.11 Å². The van der Waals surface area contributed by atoms with Crippen LogP contribution in [0.5, 0.6) is 0 Å². The molecule has 10 nitrogen and oxygen atoms in total. The van der Waals surface area contributed by atoms with E-state index in [-0.39, 0.29) is 16.5 Å². The minimum Gasteiger partial charge on any atom is -0.374 e. The van der Waals surface area contributed by atoms with Gasteiger partial charge in [-0.05, 0) is 41.7 Å². The Bertz CT molecular complexity index is 1790. The predicted molar refractivity (Wildman–Crippen MR) is 147 cm³/mol. The number of halogens is 1. The van der Waals surface area contributed by atoms with Gasteiger partial charge in [0, 0.05) is 35.9 Å². The molecule has 0 spiro atoms. The summed E-state index contributed by atoms with van der Waals surface area (Å²) in [6.07, 6.45) is 9.52. The first kappa shape index (κ1) is 24.6. The number of aliphatic hydroxyl groups is 1. The maximum atomic E-state index is 16.1. The Morgan fingerprint density at radius 3 is 2.59 bits per heavy atom. The van der Waals surface area contributed by atoms with Crippen molar-refractivity contribution in [2.75, 3.05) is 5.32 Å². The third-order valence-corrected chi connectivity index (χ3v) is 6.30. The van der Waals surface area contributed by atoms with Crippen molar-refractivity contribution < 1.29 is 9.50 Å². The number of aliphatic hydroxyl groups excluding tert-OH is 1. The van der Waals surface area contributed by atoms with Gasteiger partial charge in [-0.25, -0.2) is 14.4 Å². The van der Waals surface area contributed by atoms with Crippen LogP contribution in [0.2, 0.25) is 0 Å². The molecule has 0 aliphatic carbocycles. The van der Waals surface area contributed by atoms with Crippen LogP contribution in [0.15, 0.2) is 61.4 Å². The molecule has 0 amide bonds. The lowest BCUT2D eigenvalue weighted by Gasteiger charge is -2.23. The lowest BCUT2D eigenvalue weighted by Crippen LogP contribution is -2.25. The van der Waals surface area contributed by atoms with Crippen LogP contribution < -0.4 is 5.32 Å². The van der Waals surface area contributed by atoms with Gasteiger partial charge in [0.1, 0.15) is 23.1 Å². The quantitative estimate of drug-likeness (QED) is 0.215. The summed E-state index contributed by atoms with van der Waals surface area (Å²) < 4.78 is 16.1. The van der Waals surface area contributed by atoms with Crippen molar-refractivity contribution in [2.24, 2.45) is 5.41 Å². The van der Waals surface area contributed by atoms with Gasteiger partial charge in [-0.15, -0.1) is 0 Å². The number of imidazole rings is 1. The van der Waals surface area contributed by atoms with Crippen molar-refractivity contribution in [3.05, 3.63) is 67.3 Å². The van der Waals surface area contributed by atoms with Gasteiger partial charge in [-0.2, -0.15) is 5.10 Å². The van der Waals surface area contributed by atoms with E-state index in [4.69, 9.17) is 4.98 Å². The van der Waals surface area contributed by atoms with E-state index in [2.05, 4.69) is 40.4 Å². The summed E-state index contributed by atoms with van der Waals surface area (Å²) in [6.45, 7) is 6.13. The number of fused-ring (bicyclic) bond motifs is 2. The molecule has 4 N–H and O–H groups in total. The highest BCUT2D eigenvalue weighted by molar-refractivity contribution is 5.97. The summed E-state index contributed by atoms with van der Waals surface area (Å²) in [7, 11) is 0. The first-order valence-corrected chi connectivity index (χ1v) is 12.4. The summed E-state index contributed by atoms with van der Waals surface area (Å²) >= 11 is 0. The van der Waals surface area contributed by atoms with Crippen LogP contribution in [0.1, 0.15) is 27.2 Å². The first-order valence-electron chi connectivity index (χ1n) is 12.4. The Morgan fingerprint density at radius 2 is 1.79 bits per heavy atom. The molecule has 196 valence electrons. The van der Waals surface area contributed by atoms with E-state index < -0.39 is 12.0 Å². The molecule has 0 bridgehead atoms. The average Bonchev–Trinajstić information content (AvgIpc) is 3.53. The fraction of sp³-hybridized carbons (Fsp3) is 0.214. The highest BCUT2D eigenvalue weighted by Gasteiger charge is 2.22. The zero-order valence-electron chi connectivity index (χ0n) is 21.6. The molecule has 0 radical (unpaired) electrons. The highest BCUT2D eigenvalue weighted by atomic mass is 19.1. The van der Waals surface area contributed by atoms with Crippen molar-refractivity contribution in [2.45, 2.75) is 33.4 Å². The number of aromatic nitrogens is 8. The van der Waals surface area contributed by atoms with Crippen LogP contribution in [-0.4, -0.2) is 51.4 Å². The second-order valence-electron chi connectivity index (χ2n) is 10.5. The van der Waals surface area contributed by atoms with Gasteiger partial charge >= 0.3 is 0 Å². The number of hydrogen-bond acceptors (Lipinski definition) is 8. The van der Waals surface area contributed by atoms with E-state index in [0.29, 0.717) is 45.9 Å². The smallest absolute Gasteiger partial charge is 0.161 e. The van der Waals surface area contributed by atoms with Crippen molar-refractivity contribution >= 4 is 27.8 Å². The standard InChI is InChI=1S/C28H26FN9O/c1-28(2,3)11-20(39)34-17-10-16(12-31-13-17)23-22(29)21-19(14-33-23)37-38-25(21)27-35-24-18(6-9-32-26(24)36-27)15-4-7-30-8-5-15/h4-10,12-14,20,34,39H,11H2,1-3H3,(H,37,38)(H,32,35,36). The number of H-pyrrole nitrogens is 2. The molecule has 1 unspecified atom stereocenters. The van der Waals surface area contributed by atoms with Gasteiger partial charge < -0.3 is 15.4 Å². The predicted octanol–water partition coefficient (Wildman–Crippen LogP) is 5.33. The fourth-order valence-corrected chi connectivity index (χ4v) is 4.61. The molecule has 6 aromatic heterocycles. The normalized spacial score (nSPS) is 12.7. The van der Waals surface area contributed by atoms with E-state index in [0.717, 1.165) is 11.1 Å². The molecule has 0 saturated heterocycles. The Hall–Kier alpha value is -4.77. The third-order valence-electron chi connectivity index (χ3n) is 6.30. The van der Waals surface area contributed by atoms with E-state index in [1.807, 2.05) is 39.0 Å². The number of rotatable bonds is 6. The molecular formula is C28H26FN9O. The van der Waals surface area contributed by atoms with Crippen molar-refractivity contribution in [1.82, 2.24) is 40.1 Å². The molecule has 6 aromatic rings. The van der Waals surface area contributed by atoms with Crippen molar-refractivity contribution in [3.8, 4) is 33.9 Å². The second-order valence-corrected chi connectivity index (χ2v) is 10.5. The molecule has 6 rings (SSSR count). The van der Waals surface area contributed by atoms with Crippen LogP contribution in [0, 0.1) is 11.2 Å². The maximum absolute atomic E-state index is 16.1. The van der Waals surface area contributed by atoms with Gasteiger partial charge in [0.05, 0.1) is 29.0 Å². The Morgan fingerprint density at radius 1 is 0.974 bits per heavy atom. The largest absolute Gasteiger partial charge is 0.374 e. The van der Waals surface area contributed by atoms with Crippen LogP contribution in [-0.2, 0) is 0 Å². The maximum Gasteiger partial charge on any atom is 0.161 e. The third kappa shape index (κ3) is 4.79.